The molecule has 0 aliphatic rings. The SMILES string of the molecule is [2H]C([2H])([2H])c1c[c-]c(-c2cc(C([2H])(C)c3ccccc3)c(C([2H])([2H])[2H])cn2)cc1.[Ir].[c-]1ccccc1-c1ccccn1. The molecule has 2 nitrogen and oxygen atoms in total. The van der Waals surface area contributed by atoms with Crippen molar-refractivity contribution in [3.8, 4) is 22.5 Å². The van der Waals surface area contributed by atoms with Crippen LogP contribution < -0.4 is 0 Å². The summed E-state index contributed by atoms with van der Waals surface area (Å²) < 4.78 is 54.9. The van der Waals surface area contributed by atoms with Gasteiger partial charge in [-0.1, -0.05) is 62.3 Å². The summed E-state index contributed by atoms with van der Waals surface area (Å²) in [6.07, 6.45) is 3.06. The monoisotopic (exact) mass is 640 g/mol. The van der Waals surface area contributed by atoms with Crippen molar-refractivity contribution in [1.82, 2.24) is 9.97 Å². The van der Waals surface area contributed by atoms with Crippen molar-refractivity contribution in [2.75, 3.05) is 0 Å². The van der Waals surface area contributed by atoms with E-state index < -0.39 is 19.6 Å². The molecule has 2 heterocycles. The van der Waals surface area contributed by atoms with Crippen LogP contribution in [0.3, 0.4) is 0 Å². The molecule has 0 amide bonds. The Kier molecular flexibility index (Phi) is 6.62. The van der Waals surface area contributed by atoms with Gasteiger partial charge in [-0.25, -0.2) is 0 Å². The van der Waals surface area contributed by atoms with Crippen molar-refractivity contribution in [3.05, 3.63) is 144 Å². The van der Waals surface area contributed by atoms with E-state index in [9.17, 15) is 0 Å². The normalized spacial score (nSPS) is 15.5. The van der Waals surface area contributed by atoms with Crippen molar-refractivity contribution >= 4 is 0 Å². The van der Waals surface area contributed by atoms with E-state index in [4.69, 9.17) is 9.60 Å². The van der Waals surface area contributed by atoms with Crippen LogP contribution in [-0.4, -0.2) is 9.97 Å². The molecule has 35 heavy (non-hydrogen) atoms. The van der Waals surface area contributed by atoms with Crippen molar-refractivity contribution in [2.45, 2.75) is 26.5 Å². The van der Waals surface area contributed by atoms with E-state index in [2.05, 4.69) is 22.1 Å². The molecule has 177 valence electrons. The Morgan fingerprint density at radius 3 is 2.26 bits per heavy atom. The van der Waals surface area contributed by atoms with Crippen LogP contribution in [0.25, 0.3) is 22.5 Å². The predicted molar refractivity (Wildman–Crippen MR) is 140 cm³/mol. The van der Waals surface area contributed by atoms with Crippen LogP contribution >= 0.6 is 0 Å². The molecule has 2 aromatic heterocycles. The van der Waals surface area contributed by atoms with Gasteiger partial charge in [0.25, 0.3) is 0 Å². The molecule has 1 radical (unpaired) electrons. The van der Waals surface area contributed by atoms with Crippen LogP contribution in [-0.2, 0) is 20.1 Å². The molecule has 0 fully saturated rings. The molecule has 0 N–H and O–H groups in total. The second-order valence-electron chi connectivity index (χ2n) is 7.59. The van der Waals surface area contributed by atoms with Crippen molar-refractivity contribution in [1.29, 1.82) is 0 Å². The van der Waals surface area contributed by atoms with Crippen LogP contribution in [0.15, 0.2) is 109 Å². The van der Waals surface area contributed by atoms with Crippen LogP contribution in [0.4, 0.5) is 0 Å². The van der Waals surface area contributed by atoms with E-state index in [1.807, 2.05) is 48.5 Å². The molecule has 0 aliphatic carbocycles. The summed E-state index contributed by atoms with van der Waals surface area (Å²) >= 11 is 0. The molecule has 3 aromatic carbocycles. The van der Waals surface area contributed by atoms with Gasteiger partial charge in [0.05, 0.1) is 0 Å². The smallest absolute Gasteiger partial charge is 0.0399 e. The maximum atomic E-state index is 8.94. The van der Waals surface area contributed by atoms with E-state index >= 15 is 0 Å². The van der Waals surface area contributed by atoms with Crippen LogP contribution in [0.1, 0.15) is 44.7 Å². The van der Waals surface area contributed by atoms with Gasteiger partial charge in [-0.3, -0.25) is 0 Å². The van der Waals surface area contributed by atoms with E-state index in [0.717, 1.165) is 11.3 Å². The molecule has 0 bridgehead atoms. The summed E-state index contributed by atoms with van der Waals surface area (Å²) in [5, 5.41) is 0. The maximum absolute atomic E-state index is 8.94. The first kappa shape index (κ1) is 18.0. The minimum absolute atomic E-state index is 0. The molecule has 3 heteroatoms. The second kappa shape index (κ2) is 12.9. The van der Waals surface area contributed by atoms with Crippen LogP contribution in [0, 0.1) is 25.8 Å². The first-order chi connectivity index (χ1) is 19.4. The zero-order valence-electron chi connectivity index (χ0n) is 26.1. The van der Waals surface area contributed by atoms with Gasteiger partial charge in [0, 0.05) is 48.0 Å². The van der Waals surface area contributed by atoms with E-state index in [-0.39, 0.29) is 31.2 Å². The standard InChI is InChI=1S/C21H20N.C11H8N.Ir/c1-15-9-11-19(12-10-15)21-13-20(16(2)14-22-21)17(3)18-7-5-4-6-8-18;1-2-6-10(7-3-1)11-8-4-5-9-12-11;/h4-11,13-14,17H,1-3H3;1-6,8-9H;/q2*-1;/i1D3,2D3,17D;;. The molecule has 0 saturated heterocycles. The number of aromatic nitrogens is 2. The Bertz CT molecular complexity index is 1520. The fourth-order valence-electron chi connectivity index (χ4n) is 3.42. The number of pyridine rings is 2. The second-order valence-corrected chi connectivity index (χ2v) is 7.59. The number of benzene rings is 3. The first-order valence-corrected chi connectivity index (χ1v) is 10.8. The van der Waals surface area contributed by atoms with Gasteiger partial charge in [0.2, 0.25) is 0 Å². The van der Waals surface area contributed by atoms with Gasteiger partial charge in [-0.05, 0) is 41.0 Å². The van der Waals surface area contributed by atoms with Gasteiger partial charge in [0.15, 0.2) is 0 Å². The van der Waals surface area contributed by atoms with E-state index in [1.54, 1.807) is 49.5 Å². The molecule has 0 saturated carbocycles. The molecule has 5 aromatic rings. The number of hydrogen-bond donors (Lipinski definition) is 0. The Labute approximate surface area is 232 Å². The topological polar surface area (TPSA) is 25.8 Å². The summed E-state index contributed by atoms with van der Waals surface area (Å²) in [5.41, 5.74) is 4.12. The Morgan fingerprint density at radius 2 is 1.60 bits per heavy atom. The summed E-state index contributed by atoms with van der Waals surface area (Å²) in [4.78, 5) is 8.48. The quantitative estimate of drug-likeness (QED) is 0.187. The van der Waals surface area contributed by atoms with Crippen molar-refractivity contribution < 1.29 is 29.7 Å². The van der Waals surface area contributed by atoms with Crippen LogP contribution in [0.2, 0.25) is 0 Å². The molecule has 0 spiro atoms. The zero-order valence-corrected chi connectivity index (χ0v) is 21.5. The fourth-order valence-corrected chi connectivity index (χ4v) is 3.42. The van der Waals surface area contributed by atoms with Crippen molar-refractivity contribution in [3.63, 3.8) is 0 Å². The minimum Gasteiger partial charge on any atom is -0.305 e. The summed E-state index contributed by atoms with van der Waals surface area (Å²) in [7, 11) is 0. The first-order valence-electron chi connectivity index (χ1n) is 14.3. The average molecular weight is 640 g/mol. The Balaban J connectivity index is 0.000000310. The predicted octanol–water partition coefficient (Wildman–Crippen LogP) is 7.86. The van der Waals surface area contributed by atoms with Gasteiger partial charge in [-0.15, -0.1) is 71.3 Å². The Hall–Kier alpha value is -3.39. The van der Waals surface area contributed by atoms with E-state index in [1.165, 1.54) is 18.3 Å². The average Bonchev–Trinajstić information content (AvgIpc) is 2.98. The summed E-state index contributed by atoms with van der Waals surface area (Å²) in [5.74, 6) is -1.32. The molecule has 1 atom stereocenters. The van der Waals surface area contributed by atoms with Crippen LogP contribution in [0.5, 0.6) is 0 Å². The molecule has 5 rings (SSSR count). The zero-order chi connectivity index (χ0) is 29.7. The molecular weight excluding hydrogens is 605 g/mol. The van der Waals surface area contributed by atoms with Gasteiger partial charge < -0.3 is 9.97 Å². The maximum Gasteiger partial charge on any atom is 0.0399 e. The van der Waals surface area contributed by atoms with E-state index in [0.29, 0.717) is 22.4 Å². The third-order valence-electron chi connectivity index (χ3n) is 5.25. The fraction of sp³-hybridized carbons (Fsp3) is 0.125. The molecule has 0 aliphatic heterocycles. The number of hydrogen-bond acceptors (Lipinski definition) is 2. The molecule has 1 unspecified atom stereocenters. The molecular formula is C32H28IrN2-2. The van der Waals surface area contributed by atoms with Gasteiger partial charge >= 0.3 is 0 Å². The number of aryl methyl sites for hydroxylation is 2. The minimum atomic E-state index is -2.42. The number of rotatable bonds is 4. The summed E-state index contributed by atoms with van der Waals surface area (Å²) in [6.45, 7) is -3.00. The van der Waals surface area contributed by atoms with Gasteiger partial charge in [-0.2, -0.15) is 0 Å². The third-order valence-corrected chi connectivity index (χ3v) is 5.25. The number of nitrogens with zero attached hydrogens (tertiary/aromatic N) is 2. The Morgan fingerprint density at radius 1 is 0.800 bits per heavy atom. The van der Waals surface area contributed by atoms with Crippen molar-refractivity contribution in [2.24, 2.45) is 0 Å². The third kappa shape index (κ3) is 7.05. The largest absolute Gasteiger partial charge is 0.305 e. The summed E-state index contributed by atoms with van der Waals surface area (Å²) in [6, 6.07) is 34.8. The van der Waals surface area contributed by atoms with Gasteiger partial charge in [0.1, 0.15) is 0 Å².